The zero-order chi connectivity index (χ0) is 16.1. The van der Waals surface area contributed by atoms with E-state index in [2.05, 4.69) is 11.4 Å². The Balaban J connectivity index is 2.00. The summed E-state index contributed by atoms with van der Waals surface area (Å²) in [5.41, 5.74) is 3.48. The van der Waals surface area contributed by atoms with Crippen molar-refractivity contribution < 1.29 is 9.59 Å². The summed E-state index contributed by atoms with van der Waals surface area (Å²) < 4.78 is 0. The van der Waals surface area contributed by atoms with Gasteiger partial charge in [0.15, 0.2) is 5.78 Å². The fraction of sp³-hybridized carbons (Fsp3) is 0.222. The molecule has 0 unspecified atom stereocenters. The van der Waals surface area contributed by atoms with Crippen molar-refractivity contribution in [1.82, 2.24) is 0 Å². The molecule has 2 aromatic rings. The molecule has 1 amide bonds. The number of para-hydroxylation sites is 1. The van der Waals surface area contributed by atoms with Crippen LogP contribution < -0.4 is 5.32 Å². The van der Waals surface area contributed by atoms with Gasteiger partial charge in [-0.15, -0.1) is 11.8 Å². The maximum absolute atomic E-state index is 12.1. The Hall–Kier alpha value is -2.07. The number of anilines is 1. The zero-order valence-electron chi connectivity index (χ0n) is 13.0. The van der Waals surface area contributed by atoms with Gasteiger partial charge in [0.2, 0.25) is 5.91 Å². The van der Waals surface area contributed by atoms with E-state index < -0.39 is 0 Å². The van der Waals surface area contributed by atoms with Crippen LogP contribution in [0.2, 0.25) is 0 Å². The van der Waals surface area contributed by atoms with E-state index in [1.807, 2.05) is 26.0 Å². The van der Waals surface area contributed by atoms with Crippen molar-refractivity contribution in [1.29, 1.82) is 0 Å². The molecule has 0 aliphatic rings. The molecule has 0 aromatic heterocycles. The van der Waals surface area contributed by atoms with Crippen LogP contribution in [-0.4, -0.2) is 17.4 Å². The molecule has 0 atom stereocenters. The minimum Gasteiger partial charge on any atom is -0.325 e. The van der Waals surface area contributed by atoms with Gasteiger partial charge in [-0.1, -0.05) is 29.8 Å². The number of hydrogen-bond donors (Lipinski definition) is 1. The summed E-state index contributed by atoms with van der Waals surface area (Å²) in [6.45, 7) is 5.58. The Morgan fingerprint density at radius 1 is 1.09 bits per heavy atom. The lowest BCUT2D eigenvalue weighted by Crippen LogP contribution is -2.16. The van der Waals surface area contributed by atoms with Crippen LogP contribution in [0.25, 0.3) is 0 Å². The summed E-state index contributed by atoms with van der Waals surface area (Å²) in [5.74, 6) is 0.146. The van der Waals surface area contributed by atoms with Crippen LogP contribution in [0.3, 0.4) is 0 Å². The van der Waals surface area contributed by atoms with E-state index in [0.29, 0.717) is 17.0 Å². The van der Waals surface area contributed by atoms with Crippen LogP contribution in [0.4, 0.5) is 5.69 Å². The van der Waals surface area contributed by atoms with Gasteiger partial charge in [-0.3, -0.25) is 9.59 Å². The Labute approximate surface area is 135 Å². The molecule has 114 valence electrons. The molecule has 0 heterocycles. The van der Waals surface area contributed by atoms with Crippen molar-refractivity contribution in [2.24, 2.45) is 0 Å². The Bertz CT molecular complexity index is 710. The van der Waals surface area contributed by atoms with Crippen molar-refractivity contribution in [3.8, 4) is 0 Å². The van der Waals surface area contributed by atoms with Crippen LogP contribution >= 0.6 is 11.8 Å². The number of rotatable bonds is 5. The summed E-state index contributed by atoms with van der Waals surface area (Å²) in [6, 6.07) is 13.2. The van der Waals surface area contributed by atoms with Crippen LogP contribution in [0.5, 0.6) is 0 Å². The van der Waals surface area contributed by atoms with E-state index in [9.17, 15) is 9.59 Å². The molecule has 3 nitrogen and oxygen atoms in total. The minimum absolute atomic E-state index is 0.0575. The number of ketones is 1. The van der Waals surface area contributed by atoms with Gasteiger partial charge < -0.3 is 5.32 Å². The van der Waals surface area contributed by atoms with E-state index >= 15 is 0 Å². The second-order valence-electron chi connectivity index (χ2n) is 5.21. The SMILES string of the molecule is CC(=O)c1ccccc1NC(=O)CSc1ccc(C)cc1C. The van der Waals surface area contributed by atoms with Gasteiger partial charge in [0, 0.05) is 10.5 Å². The van der Waals surface area contributed by atoms with Crippen molar-refractivity contribution in [3.05, 3.63) is 59.2 Å². The summed E-state index contributed by atoms with van der Waals surface area (Å²) in [6.07, 6.45) is 0. The molecule has 0 spiro atoms. The third-order valence-electron chi connectivity index (χ3n) is 3.27. The first-order valence-corrected chi connectivity index (χ1v) is 8.06. The smallest absolute Gasteiger partial charge is 0.234 e. The average molecular weight is 313 g/mol. The molecular formula is C18H19NO2S. The van der Waals surface area contributed by atoms with Gasteiger partial charge in [0.25, 0.3) is 0 Å². The van der Waals surface area contributed by atoms with Gasteiger partial charge in [0.05, 0.1) is 11.4 Å². The predicted octanol–water partition coefficient (Wildman–Crippen LogP) is 4.24. The van der Waals surface area contributed by atoms with Crippen LogP contribution in [0.15, 0.2) is 47.4 Å². The van der Waals surface area contributed by atoms with Gasteiger partial charge >= 0.3 is 0 Å². The first-order chi connectivity index (χ1) is 10.5. The topological polar surface area (TPSA) is 46.2 Å². The minimum atomic E-state index is -0.112. The lowest BCUT2D eigenvalue weighted by molar-refractivity contribution is -0.113. The molecule has 4 heteroatoms. The summed E-state index contributed by atoms with van der Waals surface area (Å²) >= 11 is 1.50. The Kier molecular flexibility index (Phi) is 5.39. The molecule has 0 aliphatic heterocycles. The van der Waals surface area contributed by atoms with Crippen LogP contribution in [0, 0.1) is 13.8 Å². The number of benzene rings is 2. The second kappa shape index (κ2) is 7.27. The lowest BCUT2D eigenvalue weighted by Gasteiger charge is -2.10. The van der Waals surface area contributed by atoms with E-state index in [4.69, 9.17) is 0 Å². The normalized spacial score (nSPS) is 10.3. The lowest BCUT2D eigenvalue weighted by atomic mass is 10.1. The van der Waals surface area contributed by atoms with E-state index in [0.717, 1.165) is 4.90 Å². The average Bonchev–Trinajstić information content (AvgIpc) is 2.46. The van der Waals surface area contributed by atoms with Crippen molar-refractivity contribution in [2.75, 3.05) is 11.1 Å². The van der Waals surface area contributed by atoms with Gasteiger partial charge in [0.1, 0.15) is 0 Å². The number of nitrogens with one attached hydrogen (secondary N) is 1. The van der Waals surface area contributed by atoms with Crippen molar-refractivity contribution in [3.63, 3.8) is 0 Å². The first-order valence-electron chi connectivity index (χ1n) is 7.07. The number of amides is 1. The van der Waals surface area contributed by atoms with Gasteiger partial charge in [-0.25, -0.2) is 0 Å². The number of carbonyl (C=O) groups is 2. The first kappa shape index (κ1) is 16.3. The monoisotopic (exact) mass is 313 g/mol. The van der Waals surface area contributed by atoms with Crippen LogP contribution in [-0.2, 0) is 4.79 Å². The molecule has 2 rings (SSSR count). The molecule has 0 saturated carbocycles. The van der Waals surface area contributed by atoms with Gasteiger partial charge in [-0.2, -0.15) is 0 Å². The number of thioether (sulfide) groups is 1. The Morgan fingerprint density at radius 2 is 1.82 bits per heavy atom. The van der Waals surface area contributed by atoms with Crippen molar-refractivity contribution in [2.45, 2.75) is 25.7 Å². The molecule has 22 heavy (non-hydrogen) atoms. The molecule has 0 saturated heterocycles. The number of aryl methyl sites for hydroxylation is 2. The fourth-order valence-corrected chi connectivity index (χ4v) is 3.00. The van der Waals surface area contributed by atoms with E-state index in [1.54, 1.807) is 24.3 Å². The Morgan fingerprint density at radius 3 is 2.50 bits per heavy atom. The van der Waals surface area contributed by atoms with Crippen LogP contribution in [0.1, 0.15) is 28.4 Å². The second-order valence-corrected chi connectivity index (χ2v) is 6.22. The molecule has 0 fully saturated rings. The third kappa shape index (κ3) is 4.21. The highest BCUT2D eigenvalue weighted by Crippen LogP contribution is 2.23. The maximum Gasteiger partial charge on any atom is 0.234 e. The molecule has 0 aliphatic carbocycles. The van der Waals surface area contributed by atoms with Gasteiger partial charge in [-0.05, 0) is 44.5 Å². The molecule has 0 bridgehead atoms. The van der Waals surface area contributed by atoms with E-state index in [1.165, 1.54) is 29.8 Å². The molecular weight excluding hydrogens is 294 g/mol. The highest BCUT2D eigenvalue weighted by molar-refractivity contribution is 8.00. The molecule has 0 radical (unpaired) electrons. The fourth-order valence-electron chi connectivity index (χ4n) is 2.19. The predicted molar refractivity (Wildman–Crippen MR) is 91.7 cm³/mol. The summed E-state index contributed by atoms with van der Waals surface area (Å²) in [7, 11) is 0. The summed E-state index contributed by atoms with van der Waals surface area (Å²) in [4.78, 5) is 24.7. The molecule has 1 N–H and O–H groups in total. The zero-order valence-corrected chi connectivity index (χ0v) is 13.8. The molecule has 2 aromatic carbocycles. The maximum atomic E-state index is 12.1. The number of hydrogen-bond acceptors (Lipinski definition) is 3. The standard InChI is InChI=1S/C18H19NO2S/c1-12-8-9-17(13(2)10-12)22-11-18(21)19-16-7-5-4-6-15(16)14(3)20/h4-10H,11H2,1-3H3,(H,19,21). The number of Topliss-reactive ketones (excluding diaryl/α,β-unsaturated/α-hetero) is 1. The van der Waals surface area contributed by atoms with Crippen molar-refractivity contribution >= 4 is 29.1 Å². The number of carbonyl (C=O) groups excluding carboxylic acids is 2. The largest absolute Gasteiger partial charge is 0.325 e. The highest BCUT2D eigenvalue weighted by Gasteiger charge is 2.10. The third-order valence-corrected chi connectivity index (χ3v) is 4.45. The quantitative estimate of drug-likeness (QED) is 0.663. The summed E-state index contributed by atoms with van der Waals surface area (Å²) in [5, 5.41) is 2.81. The van der Waals surface area contributed by atoms with E-state index in [-0.39, 0.29) is 11.7 Å². The highest BCUT2D eigenvalue weighted by atomic mass is 32.2.